The molecule has 0 spiro atoms. The Morgan fingerprint density at radius 2 is 1.82 bits per heavy atom. The summed E-state index contributed by atoms with van der Waals surface area (Å²) in [6.45, 7) is 0. The normalized spacial score (nSPS) is 11.7. The van der Waals surface area contributed by atoms with Crippen molar-refractivity contribution in [3.8, 4) is 6.07 Å². The summed E-state index contributed by atoms with van der Waals surface area (Å²) in [6, 6.07) is 11.4. The fourth-order valence-corrected chi connectivity index (χ4v) is 2.56. The Morgan fingerprint density at radius 1 is 1.09 bits per heavy atom. The minimum absolute atomic E-state index is 0.0863. The van der Waals surface area contributed by atoms with E-state index in [9.17, 15) is 15.4 Å². The van der Waals surface area contributed by atoms with Gasteiger partial charge in [0, 0.05) is 12.1 Å². The topological polar surface area (TPSA) is 66.9 Å². The average molecular weight is 356 g/mol. The van der Waals surface area contributed by atoms with Gasteiger partial charge < -0.3 is 0 Å². The van der Waals surface area contributed by atoms with Crippen LogP contribution in [0.2, 0.25) is 15.1 Å². The van der Waals surface area contributed by atoms with Gasteiger partial charge >= 0.3 is 0 Å². The van der Waals surface area contributed by atoms with Gasteiger partial charge in [-0.3, -0.25) is 10.1 Å². The summed E-state index contributed by atoms with van der Waals surface area (Å²) < 4.78 is 0. The Hall–Kier alpha value is -1.80. The number of non-ortho nitro benzene ring substituents is 1. The number of hydrogen-bond donors (Lipinski definition) is 0. The van der Waals surface area contributed by atoms with Crippen molar-refractivity contribution in [3.05, 3.63) is 72.7 Å². The molecule has 0 radical (unpaired) electrons. The highest BCUT2D eigenvalue weighted by molar-refractivity contribution is 6.42. The van der Waals surface area contributed by atoms with Gasteiger partial charge in [0.25, 0.3) is 5.69 Å². The molecule has 0 fully saturated rings. The average Bonchev–Trinajstić information content (AvgIpc) is 2.49. The summed E-state index contributed by atoms with van der Waals surface area (Å²) in [4.78, 5) is 10.2. The fraction of sp³-hybridized carbons (Fsp3) is 0.133. The predicted molar refractivity (Wildman–Crippen MR) is 86.6 cm³/mol. The van der Waals surface area contributed by atoms with E-state index in [-0.39, 0.29) is 10.7 Å². The SMILES string of the molecule is N#CC(Cc1ccc([N+](=O)[O-])cc1Cl)c1ccc(Cl)c(Cl)c1. The van der Waals surface area contributed by atoms with E-state index < -0.39 is 10.8 Å². The number of nitrogens with zero attached hydrogens (tertiary/aromatic N) is 2. The second-order valence-corrected chi connectivity index (χ2v) is 5.81. The first-order valence-corrected chi connectivity index (χ1v) is 7.33. The molecule has 4 nitrogen and oxygen atoms in total. The van der Waals surface area contributed by atoms with Crippen molar-refractivity contribution in [2.75, 3.05) is 0 Å². The third-order valence-corrected chi connectivity index (χ3v) is 4.26. The monoisotopic (exact) mass is 354 g/mol. The number of nitriles is 1. The maximum atomic E-state index is 10.7. The lowest BCUT2D eigenvalue weighted by Crippen LogP contribution is -2.02. The summed E-state index contributed by atoms with van der Waals surface area (Å²) in [5, 5.41) is 21.1. The van der Waals surface area contributed by atoms with Crippen LogP contribution in [0.25, 0.3) is 0 Å². The first kappa shape index (κ1) is 16.6. The van der Waals surface area contributed by atoms with Crippen LogP contribution in [0, 0.1) is 21.4 Å². The van der Waals surface area contributed by atoms with Gasteiger partial charge in [0.15, 0.2) is 0 Å². The van der Waals surface area contributed by atoms with Crippen molar-refractivity contribution >= 4 is 40.5 Å². The summed E-state index contributed by atoms with van der Waals surface area (Å²) >= 11 is 17.9. The number of benzene rings is 2. The van der Waals surface area contributed by atoms with Crippen LogP contribution in [-0.4, -0.2) is 4.92 Å². The van der Waals surface area contributed by atoms with E-state index >= 15 is 0 Å². The van der Waals surface area contributed by atoms with Crippen LogP contribution in [0.15, 0.2) is 36.4 Å². The van der Waals surface area contributed by atoms with Crippen LogP contribution in [0.3, 0.4) is 0 Å². The molecule has 22 heavy (non-hydrogen) atoms. The second kappa shape index (κ2) is 6.97. The molecule has 1 unspecified atom stereocenters. The fourth-order valence-electron chi connectivity index (χ4n) is 2.00. The smallest absolute Gasteiger partial charge is 0.258 e. The maximum absolute atomic E-state index is 10.7. The number of rotatable bonds is 4. The molecular formula is C15H9Cl3N2O2. The number of nitro groups is 1. The first-order valence-electron chi connectivity index (χ1n) is 6.19. The van der Waals surface area contributed by atoms with E-state index in [1.165, 1.54) is 12.1 Å². The van der Waals surface area contributed by atoms with Gasteiger partial charge in [-0.15, -0.1) is 0 Å². The molecule has 0 saturated heterocycles. The summed E-state index contributed by atoms with van der Waals surface area (Å²) in [5.74, 6) is -0.478. The molecule has 2 aromatic rings. The number of halogens is 3. The van der Waals surface area contributed by atoms with Gasteiger partial charge in [0.2, 0.25) is 0 Å². The quantitative estimate of drug-likeness (QED) is 0.544. The Bertz CT molecular complexity index is 772. The van der Waals surface area contributed by atoms with E-state index in [0.717, 1.165) is 0 Å². The first-order chi connectivity index (χ1) is 10.4. The van der Waals surface area contributed by atoms with Gasteiger partial charge in [-0.25, -0.2) is 0 Å². The van der Waals surface area contributed by atoms with E-state index in [1.807, 2.05) is 0 Å². The molecule has 0 aliphatic heterocycles. The van der Waals surface area contributed by atoms with Crippen LogP contribution >= 0.6 is 34.8 Å². The number of hydrogen-bond acceptors (Lipinski definition) is 3. The molecule has 0 heterocycles. The Labute approximate surface area is 142 Å². The molecule has 0 bridgehead atoms. The molecule has 0 aliphatic carbocycles. The Balaban J connectivity index is 2.29. The zero-order valence-electron chi connectivity index (χ0n) is 11.1. The highest BCUT2D eigenvalue weighted by Crippen LogP contribution is 2.31. The lowest BCUT2D eigenvalue weighted by atomic mass is 9.93. The van der Waals surface area contributed by atoms with Crippen LogP contribution in [0.5, 0.6) is 0 Å². The predicted octanol–water partition coefficient (Wildman–Crippen LogP) is 5.40. The van der Waals surface area contributed by atoms with Crippen molar-refractivity contribution in [2.24, 2.45) is 0 Å². The minimum Gasteiger partial charge on any atom is -0.258 e. The van der Waals surface area contributed by atoms with Crippen molar-refractivity contribution in [2.45, 2.75) is 12.3 Å². The molecule has 0 aromatic heterocycles. The van der Waals surface area contributed by atoms with Crippen molar-refractivity contribution in [1.29, 1.82) is 5.26 Å². The van der Waals surface area contributed by atoms with Gasteiger partial charge in [0.1, 0.15) is 0 Å². The van der Waals surface area contributed by atoms with Crippen molar-refractivity contribution in [3.63, 3.8) is 0 Å². The third kappa shape index (κ3) is 3.69. The zero-order chi connectivity index (χ0) is 16.3. The third-order valence-electron chi connectivity index (χ3n) is 3.17. The molecular weight excluding hydrogens is 347 g/mol. The standard InChI is InChI=1S/C15H9Cl3N2O2/c16-13-4-2-9(6-15(13)18)11(8-19)5-10-1-3-12(20(21)22)7-14(10)17/h1-4,6-7,11H,5H2. The van der Waals surface area contributed by atoms with E-state index in [2.05, 4.69) is 6.07 Å². The van der Waals surface area contributed by atoms with Crippen LogP contribution < -0.4 is 0 Å². The summed E-state index contributed by atoms with van der Waals surface area (Å²) in [7, 11) is 0. The van der Waals surface area contributed by atoms with Crippen molar-refractivity contribution in [1.82, 2.24) is 0 Å². The molecule has 0 amide bonds. The van der Waals surface area contributed by atoms with Gasteiger partial charge in [-0.1, -0.05) is 46.9 Å². The van der Waals surface area contributed by atoms with E-state index in [1.54, 1.807) is 24.3 Å². The van der Waals surface area contributed by atoms with Gasteiger partial charge in [-0.2, -0.15) is 5.26 Å². The number of nitro benzene ring substituents is 1. The molecule has 0 N–H and O–H groups in total. The van der Waals surface area contributed by atoms with Crippen molar-refractivity contribution < 1.29 is 4.92 Å². The van der Waals surface area contributed by atoms with Crippen LogP contribution in [0.4, 0.5) is 5.69 Å². The van der Waals surface area contributed by atoms with Gasteiger partial charge in [-0.05, 0) is 29.7 Å². The largest absolute Gasteiger partial charge is 0.270 e. The molecule has 2 rings (SSSR count). The zero-order valence-corrected chi connectivity index (χ0v) is 13.4. The molecule has 1 atom stereocenters. The molecule has 0 aliphatic rings. The van der Waals surface area contributed by atoms with Gasteiger partial charge in [0.05, 0.1) is 32.0 Å². The maximum Gasteiger partial charge on any atom is 0.270 e. The second-order valence-electron chi connectivity index (χ2n) is 4.59. The minimum atomic E-state index is -0.517. The van der Waals surface area contributed by atoms with Crippen LogP contribution in [0.1, 0.15) is 17.0 Å². The Kier molecular flexibility index (Phi) is 5.25. The Morgan fingerprint density at radius 3 is 2.36 bits per heavy atom. The van der Waals surface area contributed by atoms with E-state index in [4.69, 9.17) is 34.8 Å². The lowest BCUT2D eigenvalue weighted by Gasteiger charge is -2.11. The summed E-state index contributed by atoms with van der Waals surface area (Å²) in [5.41, 5.74) is 1.29. The lowest BCUT2D eigenvalue weighted by molar-refractivity contribution is -0.384. The summed E-state index contributed by atoms with van der Waals surface area (Å²) in [6.07, 6.45) is 0.325. The molecule has 7 heteroatoms. The molecule has 2 aromatic carbocycles. The molecule has 112 valence electrons. The highest BCUT2D eigenvalue weighted by atomic mass is 35.5. The van der Waals surface area contributed by atoms with E-state index in [0.29, 0.717) is 27.6 Å². The highest BCUT2D eigenvalue weighted by Gasteiger charge is 2.16. The van der Waals surface area contributed by atoms with Crippen LogP contribution in [-0.2, 0) is 6.42 Å². The molecule has 0 saturated carbocycles.